The van der Waals surface area contributed by atoms with Crippen LogP contribution in [0.25, 0.3) is 0 Å². The Balaban J connectivity index is 1.75. The average Bonchev–Trinajstić information content (AvgIpc) is 2.98. The van der Waals surface area contributed by atoms with E-state index in [9.17, 15) is 0 Å². The monoisotopic (exact) mass is 260 g/mol. The van der Waals surface area contributed by atoms with Gasteiger partial charge >= 0.3 is 0 Å². The van der Waals surface area contributed by atoms with Crippen LogP contribution in [0.4, 0.5) is 0 Å². The first-order valence-electron chi connectivity index (χ1n) is 7.02. The van der Waals surface area contributed by atoms with Gasteiger partial charge < -0.3 is 14.8 Å². The zero-order valence-electron chi connectivity index (χ0n) is 11.3. The van der Waals surface area contributed by atoms with E-state index >= 15 is 0 Å². The van der Waals surface area contributed by atoms with Crippen molar-refractivity contribution >= 4 is 0 Å². The van der Waals surface area contributed by atoms with Gasteiger partial charge in [-0.15, -0.1) is 0 Å². The molecule has 3 rings (SSSR count). The molecule has 2 N–H and O–H groups in total. The number of hydrogen-bond acceptors (Lipinski definition) is 4. The van der Waals surface area contributed by atoms with Gasteiger partial charge in [-0.25, -0.2) is 0 Å². The van der Waals surface area contributed by atoms with Crippen LogP contribution >= 0.6 is 0 Å². The second-order valence-electron chi connectivity index (χ2n) is 5.26. The smallest absolute Gasteiger partial charge is 0.246 e. The van der Waals surface area contributed by atoms with Crippen molar-refractivity contribution in [2.24, 2.45) is 5.73 Å². The fourth-order valence-corrected chi connectivity index (χ4v) is 2.71. The van der Waals surface area contributed by atoms with Gasteiger partial charge in [0.15, 0.2) is 5.82 Å². The lowest BCUT2D eigenvalue weighted by molar-refractivity contribution is 0.366. The van der Waals surface area contributed by atoms with Crippen LogP contribution in [0, 0.1) is 0 Å². The molecule has 2 heterocycles. The van der Waals surface area contributed by atoms with Crippen molar-refractivity contribution in [1.82, 2.24) is 14.7 Å². The maximum absolute atomic E-state index is 6.13. The number of nitrogens with two attached hydrogens (primary N) is 1. The molecule has 1 aliphatic carbocycles. The maximum atomic E-state index is 6.13. The molecular formula is C14H20N4O. The fraction of sp³-hybridized carbons (Fsp3) is 0.571. The topological polar surface area (TPSA) is 69.9 Å². The summed E-state index contributed by atoms with van der Waals surface area (Å²) < 4.78 is 7.38. The van der Waals surface area contributed by atoms with Crippen molar-refractivity contribution < 1.29 is 4.52 Å². The van der Waals surface area contributed by atoms with Gasteiger partial charge in [-0.2, -0.15) is 4.98 Å². The minimum Gasteiger partial charge on any atom is -0.344 e. The van der Waals surface area contributed by atoms with Crippen LogP contribution in [-0.4, -0.2) is 14.7 Å². The number of aromatic nitrogens is 3. The molecule has 0 saturated heterocycles. The van der Waals surface area contributed by atoms with Gasteiger partial charge in [0.2, 0.25) is 5.89 Å². The van der Waals surface area contributed by atoms with Crippen molar-refractivity contribution in [3.8, 4) is 0 Å². The molecule has 0 bridgehead atoms. The van der Waals surface area contributed by atoms with Gasteiger partial charge in [0.05, 0.1) is 0 Å². The quantitative estimate of drug-likeness (QED) is 0.915. The van der Waals surface area contributed by atoms with Crippen molar-refractivity contribution in [2.75, 3.05) is 0 Å². The third-order valence-corrected chi connectivity index (χ3v) is 3.66. The minimum atomic E-state index is 0.184. The number of fused-ring (bicyclic) bond motifs is 1. The molecule has 1 atom stereocenters. The molecule has 0 radical (unpaired) electrons. The van der Waals surface area contributed by atoms with Gasteiger partial charge in [0.1, 0.15) is 6.54 Å². The van der Waals surface area contributed by atoms with Crippen molar-refractivity contribution in [1.29, 1.82) is 0 Å². The molecule has 2 aromatic rings. The van der Waals surface area contributed by atoms with E-state index in [1.165, 1.54) is 17.5 Å². The summed E-state index contributed by atoms with van der Waals surface area (Å²) in [5.41, 5.74) is 8.78. The zero-order chi connectivity index (χ0) is 13.2. The molecule has 0 amide bonds. The van der Waals surface area contributed by atoms with Crippen LogP contribution < -0.4 is 5.73 Å². The van der Waals surface area contributed by atoms with Gasteiger partial charge in [0, 0.05) is 24.9 Å². The second-order valence-corrected chi connectivity index (χ2v) is 5.26. The molecule has 1 unspecified atom stereocenters. The lowest BCUT2D eigenvalue weighted by atomic mass is 9.92. The van der Waals surface area contributed by atoms with E-state index in [1.54, 1.807) is 0 Å². The molecule has 0 aromatic carbocycles. The third kappa shape index (κ3) is 2.56. The fourth-order valence-electron chi connectivity index (χ4n) is 2.71. The van der Waals surface area contributed by atoms with Crippen LogP contribution in [0.15, 0.2) is 16.9 Å². The molecule has 5 nitrogen and oxygen atoms in total. The Kier molecular flexibility index (Phi) is 3.38. The average molecular weight is 260 g/mol. The Labute approximate surface area is 112 Å². The number of aryl methyl sites for hydroxylation is 2. The van der Waals surface area contributed by atoms with E-state index in [2.05, 4.69) is 34.0 Å². The molecule has 1 aliphatic rings. The highest BCUT2D eigenvalue weighted by Gasteiger charge is 2.19. The Hall–Kier alpha value is -1.62. The number of hydrogen-bond donors (Lipinski definition) is 1. The lowest BCUT2D eigenvalue weighted by Crippen LogP contribution is -2.15. The predicted molar refractivity (Wildman–Crippen MR) is 71.7 cm³/mol. The summed E-state index contributed by atoms with van der Waals surface area (Å²) in [6, 6.07) is 0.184. The summed E-state index contributed by atoms with van der Waals surface area (Å²) in [6.07, 6.45) is 9.58. The highest BCUT2D eigenvalue weighted by Crippen LogP contribution is 2.28. The summed E-state index contributed by atoms with van der Waals surface area (Å²) in [7, 11) is 0. The van der Waals surface area contributed by atoms with Gasteiger partial charge in [-0.1, -0.05) is 12.1 Å². The van der Waals surface area contributed by atoms with E-state index in [0.29, 0.717) is 12.4 Å². The Morgan fingerprint density at radius 3 is 3.16 bits per heavy atom. The van der Waals surface area contributed by atoms with Crippen LogP contribution in [0.5, 0.6) is 0 Å². The lowest BCUT2D eigenvalue weighted by Gasteiger charge is -2.17. The van der Waals surface area contributed by atoms with E-state index < -0.39 is 0 Å². The summed E-state index contributed by atoms with van der Waals surface area (Å²) in [4.78, 5) is 4.39. The first-order valence-corrected chi connectivity index (χ1v) is 7.02. The van der Waals surface area contributed by atoms with Crippen LogP contribution in [-0.2, 0) is 19.4 Å². The Morgan fingerprint density at radius 2 is 2.37 bits per heavy atom. The minimum absolute atomic E-state index is 0.184. The first-order chi connectivity index (χ1) is 9.26. The summed E-state index contributed by atoms with van der Waals surface area (Å²) >= 11 is 0. The molecule has 2 aromatic heterocycles. The van der Waals surface area contributed by atoms with Crippen molar-refractivity contribution in [3.05, 3.63) is 35.2 Å². The highest BCUT2D eigenvalue weighted by atomic mass is 16.5. The van der Waals surface area contributed by atoms with Crippen molar-refractivity contribution in [2.45, 2.75) is 51.6 Å². The first kappa shape index (κ1) is 12.4. The summed E-state index contributed by atoms with van der Waals surface area (Å²) in [5, 5.41) is 3.97. The number of nitrogens with zero attached hydrogens (tertiary/aromatic N) is 3. The molecule has 5 heteroatoms. The van der Waals surface area contributed by atoms with E-state index in [-0.39, 0.29) is 6.04 Å². The Morgan fingerprint density at radius 1 is 1.47 bits per heavy atom. The van der Waals surface area contributed by atoms with E-state index in [1.807, 2.05) is 0 Å². The van der Waals surface area contributed by atoms with E-state index in [4.69, 9.17) is 10.3 Å². The van der Waals surface area contributed by atoms with Gasteiger partial charge in [-0.3, -0.25) is 0 Å². The standard InChI is InChI=1S/C14H20N4O/c1-2-4-13-16-14(19-17-13)9-18-7-10-5-3-6-12(15)11(10)8-18/h7-8,12H,2-6,9,15H2,1H3. The molecule has 0 saturated carbocycles. The molecule has 0 aliphatic heterocycles. The maximum Gasteiger partial charge on any atom is 0.246 e. The van der Waals surface area contributed by atoms with Crippen LogP contribution in [0.1, 0.15) is 55.1 Å². The Bertz CT molecular complexity index is 558. The second kappa shape index (κ2) is 5.17. The SMILES string of the molecule is CCCc1noc(Cn2cc3c(c2)C(N)CCC3)n1. The van der Waals surface area contributed by atoms with Crippen molar-refractivity contribution in [3.63, 3.8) is 0 Å². The van der Waals surface area contributed by atoms with E-state index in [0.717, 1.165) is 31.5 Å². The summed E-state index contributed by atoms with van der Waals surface area (Å²) in [5.74, 6) is 1.47. The summed E-state index contributed by atoms with van der Waals surface area (Å²) in [6.45, 7) is 2.74. The molecular weight excluding hydrogens is 240 g/mol. The predicted octanol–water partition coefficient (Wildman–Crippen LogP) is 2.21. The normalized spacial score (nSPS) is 18.5. The number of rotatable bonds is 4. The zero-order valence-corrected chi connectivity index (χ0v) is 11.3. The molecule has 0 spiro atoms. The van der Waals surface area contributed by atoms with Gasteiger partial charge in [-0.05, 0) is 36.8 Å². The molecule has 0 fully saturated rings. The highest BCUT2D eigenvalue weighted by molar-refractivity contribution is 5.30. The van der Waals surface area contributed by atoms with Crippen LogP contribution in [0.2, 0.25) is 0 Å². The van der Waals surface area contributed by atoms with Gasteiger partial charge in [0.25, 0.3) is 0 Å². The van der Waals surface area contributed by atoms with Crippen LogP contribution in [0.3, 0.4) is 0 Å². The molecule has 19 heavy (non-hydrogen) atoms. The largest absolute Gasteiger partial charge is 0.344 e. The molecule has 102 valence electrons. The third-order valence-electron chi connectivity index (χ3n) is 3.66.